The number of halogens is 3. The Morgan fingerprint density at radius 1 is 1.32 bits per heavy atom. The van der Waals surface area contributed by atoms with Gasteiger partial charge in [-0.15, -0.1) is 0 Å². The van der Waals surface area contributed by atoms with Gasteiger partial charge in [0.1, 0.15) is 5.17 Å². The van der Waals surface area contributed by atoms with Crippen LogP contribution in [0.15, 0.2) is 35.5 Å². The monoisotopic (exact) mass is 317 g/mol. The average Bonchev–Trinajstić information content (AvgIpc) is 2.35. The molecule has 0 saturated carbocycles. The summed E-state index contributed by atoms with van der Waals surface area (Å²) in [5.41, 5.74) is 8.70. The van der Waals surface area contributed by atoms with Crippen LogP contribution in [0.1, 0.15) is 11.5 Å². The van der Waals surface area contributed by atoms with E-state index in [-0.39, 0.29) is 0 Å². The van der Waals surface area contributed by atoms with Crippen LogP contribution in [0.5, 0.6) is 0 Å². The van der Waals surface area contributed by atoms with Gasteiger partial charge in [0.05, 0.1) is 12.0 Å². The van der Waals surface area contributed by atoms with E-state index in [1.807, 2.05) is 0 Å². The number of amides is 1. The molecule has 1 aliphatic heterocycles. The topological polar surface area (TPSA) is 67.5 Å². The Morgan fingerprint density at radius 3 is 2.42 bits per heavy atom. The third-order valence-corrected chi connectivity index (χ3v) is 3.61. The Bertz CT molecular complexity index is 551. The highest BCUT2D eigenvalue weighted by molar-refractivity contribution is 6.68. The number of primary amides is 1. The van der Waals surface area contributed by atoms with Gasteiger partial charge in [0, 0.05) is 15.6 Å². The minimum absolute atomic E-state index is 0.296. The summed E-state index contributed by atoms with van der Waals surface area (Å²) in [6.07, 6.45) is 3.29. The predicted octanol–water partition coefficient (Wildman–Crippen LogP) is 2.64. The summed E-state index contributed by atoms with van der Waals surface area (Å²) in [4.78, 5) is 11.7. The summed E-state index contributed by atoms with van der Waals surface area (Å²) in [5.74, 6) is -1.28. The standard InChI is InChI=1S/C12H10Cl3N3O/c13-6-2-1-3-7(14)10(6)11(12(16)19)8-4-5-9(15)18-17-8/h1-5,8,11,17H,(H2,16,19). The highest BCUT2D eigenvalue weighted by Crippen LogP contribution is 2.34. The molecule has 1 heterocycles. The van der Waals surface area contributed by atoms with Gasteiger partial charge in [-0.25, -0.2) is 0 Å². The molecule has 100 valence electrons. The van der Waals surface area contributed by atoms with Crippen LogP contribution in [0.4, 0.5) is 0 Å². The second kappa shape index (κ2) is 5.82. The predicted molar refractivity (Wildman–Crippen MR) is 77.7 cm³/mol. The van der Waals surface area contributed by atoms with Gasteiger partial charge >= 0.3 is 0 Å². The number of carbonyl (C=O) groups excluding carboxylic acids is 1. The van der Waals surface area contributed by atoms with E-state index in [0.717, 1.165) is 0 Å². The normalized spacial score (nSPS) is 19.5. The Kier molecular flexibility index (Phi) is 4.34. The molecule has 0 fully saturated rings. The maximum absolute atomic E-state index is 11.7. The van der Waals surface area contributed by atoms with E-state index < -0.39 is 17.9 Å². The number of carbonyl (C=O) groups is 1. The van der Waals surface area contributed by atoms with E-state index in [4.69, 9.17) is 40.5 Å². The molecule has 1 aromatic rings. The summed E-state index contributed by atoms with van der Waals surface area (Å²) in [6.45, 7) is 0. The molecule has 7 heteroatoms. The molecule has 19 heavy (non-hydrogen) atoms. The summed E-state index contributed by atoms with van der Waals surface area (Å²) >= 11 is 17.9. The van der Waals surface area contributed by atoms with Gasteiger partial charge < -0.3 is 11.2 Å². The molecule has 1 amide bonds. The van der Waals surface area contributed by atoms with Crippen molar-refractivity contribution in [2.45, 2.75) is 12.0 Å². The molecule has 0 radical (unpaired) electrons. The van der Waals surface area contributed by atoms with E-state index in [1.54, 1.807) is 30.4 Å². The second-order valence-corrected chi connectivity index (χ2v) is 5.17. The van der Waals surface area contributed by atoms with Crippen molar-refractivity contribution in [2.24, 2.45) is 10.8 Å². The van der Waals surface area contributed by atoms with Crippen molar-refractivity contribution < 1.29 is 4.79 Å². The molecule has 2 rings (SSSR count). The Morgan fingerprint density at radius 2 is 1.95 bits per heavy atom. The molecule has 1 aromatic carbocycles. The lowest BCUT2D eigenvalue weighted by atomic mass is 9.90. The van der Waals surface area contributed by atoms with Crippen LogP contribution in [0, 0.1) is 0 Å². The number of rotatable bonds is 3. The maximum Gasteiger partial charge on any atom is 0.227 e. The molecule has 0 saturated heterocycles. The fourth-order valence-corrected chi connectivity index (χ4v) is 2.65. The summed E-state index contributed by atoms with van der Waals surface area (Å²) in [5, 5.41) is 4.91. The molecule has 2 atom stereocenters. The fraction of sp³-hybridized carbons (Fsp3) is 0.167. The lowest BCUT2D eigenvalue weighted by Crippen LogP contribution is -2.39. The van der Waals surface area contributed by atoms with Crippen molar-refractivity contribution in [1.29, 1.82) is 0 Å². The lowest BCUT2D eigenvalue weighted by molar-refractivity contribution is -0.119. The molecular weight excluding hydrogens is 309 g/mol. The zero-order chi connectivity index (χ0) is 14.0. The van der Waals surface area contributed by atoms with Crippen LogP contribution in [0.3, 0.4) is 0 Å². The first-order valence-corrected chi connectivity index (χ1v) is 6.54. The molecule has 4 nitrogen and oxygen atoms in total. The second-order valence-electron chi connectivity index (χ2n) is 3.96. The minimum Gasteiger partial charge on any atom is -0.369 e. The van der Waals surface area contributed by atoms with E-state index >= 15 is 0 Å². The Balaban J connectivity index is 2.42. The van der Waals surface area contributed by atoms with Gasteiger partial charge in [0.15, 0.2) is 0 Å². The highest BCUT2D eigenvalue weighted by atomic mass is 35.5. The number of nitrogens with zero attached hydrogens (tertiary/aromatic N) is 1. The molecule has 0 aliphatic carbocycles. The maximum atomic E-state index is 11.7. The van der Waals surface area contributed by atoms with Gasteiger partial charge in [0.2, 0.25) is 5.91 Å². The van der Waals surface area contributed by atoms with E-state index in [9.17, 15) is 4.79 Å². The number of hydrazone groups is 1. The van der Waals surface area contributed by atoms with Gasteiger partial charge in [-0.05, 0) is 18.2 Å². The Labute approximate surface area is 125 Å². The number of hydrogen-bond acceptors (Lipinski definition) is 3. The van der Waals surface area contributed by atoms with Gasteiger partial charge in [-0.2, -0.15) is 5.10 Å². The van der Waals surface area contributed by atoms with E-state index in [1.165, 1.54) is 0 Å². The van der Waals surface area contributed by atoms with Crippen molar-refractivity contribution >= 4 is 45.9 Å². The molecule has 0 spiro atoms. The van der Waals surface area contributed by atoms with Crippen LogP contribution >= 0.6 is 34.8 Å². The molecule has 2 unspecified atom stereocenters. The molecule has 0 bridgehead atoms. The SMILES string of the molecule is NC(=O)C(c1c(Cl)cccc1Cl)C1C=CC(Cl)=NN1. The molecule has 1 aliphatic rings. The minimum atomic E-state index is -0.731. The largest absolute Gasteiger partial charge is 0.369 e. The highest BCUT2D eigenvalue weighted by Gasteiger charge is 2.31. The van der Waals surface area contributed by atoms with Gasteiger partial charge in [-0.1, -0.05) is 46.9 Å². The summed E-state index contributed by atoms with van der Waals surface area (Å²) < 4.78 is 0. The first-order chi connectivity index (χ1) is 9.00. The average molecular weight is 319 g/mol. The molecule has 0 aromatic heterocycles. The number of hydrogen-bond donors (Lipinski definition) is 2. The smallest absolute Gasteiger partial charge is 0.227 e. The molecule has 3 N–H and O–H groups in total. The Hall–Kier alpha value is -1.23. The van der Waals surface area contributed by atoms with Crippen LogP contribution in [0.2, 0.25) is 10.0 Å². The molecular formula is C12H10Cl3N3O. The summed E-state index contributed by atoms with van der Waals surface area (Å²) in [7, 11) is 0. The van der Waals surface area contributed by atoms with E-state index in [0.29, 0.717) is 20.8 Å². The third kappa shape index (κ3) is 3.03. The van der Waals surface area contributed by atoms with Gasteiger partial charge in [-0.3, -0.25) is 4.79 Å². The first kappa shape index (κ1) is 14.2. The van der Waals surface area contributed by atoms with Crippen LogP contribution in [0.25, 0.3) is 0 Å². The first-order valence-electron chi connectivity index (χ1n) is 5.41. The lowest BCUT2D eigenvalue weighted by Gasteiger charge is -2.25. The van der Waals surface area contributed by atoms with Crippen molar-refractivity contribution in [3.63, 3.8) is 0 Å². The van der Waals surface area contributed by atoms with Crippen molar-refractivity contribution in [3.05, 3.63) is 46.0 Å². The van der Waals surface area contributed by atoms with Crippen LogP contribution < -0.4 is 11.2 Å². The van der Waals surface area contributed by atoms with Gasteiger partial charge in [0.25, 0.3) is 0 Å². The van der Waals surface area contributed by atoms with Crippen LogP contribution in [-0.4, -0.2) is 17.1 Å². The number of nitrogens with one attached hydrogen (secondary N) is 1. The van der Waals surface area contributed by atoms with E-state index in [2.05, 4.69) is 10.5 Å². The fourth-order valence-electron chi connectivity index (χ4n) is 1.89. The zero-order valence-electron chi connectivity index (χ0n) is 9.61. The zero-order valence-corrected chi connectivity index (χ0v) is 11.9. The third-order valence-electron chi connectivity index (χ3n) is 2.74. The van der Waals surface area contributed by atoms with Crippen molar-refractivity contribution in [2.75, 3.05) is 0 Å². The number of nitrogens with two attached hydrogens (primary N) is 1. The number of allylic oxidation sites excluding steroid dienone is 1. The summed E-state index contributed by atoms with van der Waals surface area (Å²) in [6, 6.07) is 4.56. The number of benzene rings is 1. The van der Waals surface area contributed by atoms with Crippen molar-refractivity contribution in [3.8, 4) is 0 Å². The van der Waals surface area contributed by atoms with Crippen molar-refractivity contribution in [1.82, 2.24) is 5.43 Å². The quantitative estimate of drug-likeness (QED) is 0.899. The van der Waals surface area contributed by atoms with Crippen LogP contribution in [-0.2, 0) is 4.79 Å².